The van der Waals surface area contributed by atoms with Crippen LogP contribution in [0.3, 0.4) is 0 Å². The smallest absolute Gasteiger partial charge is 0.0463 e. The third-order valence-corrected chi connectivity index (χ3v) is 38.3. The van der Waals surface area contributed by atoms with Crippen LogP contribution < -0.4 is 0 Å². The van der Waals surface area contributed by atoms with Crippen LogP contribution in [-0.2, 0) is 21.7 Å². The number of hydrogen-bond donors (Lipinski definition) is 0. The van der Waals surface area contributed by atoms with Crippen molar-refractivity contribution in [3.8, 4) is 131 Å². The van der Waals surface area contributed by atoms with Gasteiger partial charge in [-0.2, -0.15) is 0 Å². The van der Waals surface area contributed by atoms with Gasteiger partial charge in [0.05, 0.1) is 0 Å². The van der Waals surface area contributed by atoms with Crippen molar-refractivity contribution in [2.24, 2.45) is 0 Å². The van der Waals surface area contributed by atoms with Gasteiger partial charge in [0.1, 0.15) is 0 Å². The molecule has 24 aromatic rings. The SMILES string of the molecule is CC1(C)c2cc(-c3ccccc3)ccc2-c2ccc3c(c21)C(C)(C)c1cc(-c2cc4sc(-c5ccc6c(c5)C(C)(C)c5c-6ccc6c5C(C)(C)c5cc(-c7ccccc7)ccc5-6)cc4s2)ccc1-3.c1ccc(-c2ccc3sc4cc5sc6ccc(-c7cc8sc(-c9ccc%10sc%11cc%12sc%13ccc(-c%14ccccc%14)cc%13c%12cc%11c%10c9)cc8s7)cc6c5cc4c3c2)cc1. The molecule has 0 spiro atoms. The topological polar surface area (TPSA) is 0 Å². The molecule has 128 heavy (non-hydrogen) atoms. The van der Waals surface area contributed by atoms with Crippen LogP contribution in [0, 0.1) is 0 Å². The van der Waals surface area contributed by atoms with Crippen LogP contribution in [-0.4, -0.2) is 0 Å². The van der Waals surface area contributed by atoms with Crippen LogP contribution in [0.25, 0.3) is 230 Å². The Bertz CT molecular complexity index is 8350. The van der Waals surface area contributed by atoms with Crippen molar-refractivity contribution in [3.05, 3.63) is 384 Å². The maximum Gasteiger partial charge on any atom is 0.0463 e. The normalized spacial score (nSPS) is 14.5. The van der Waals surface area contributed by atoms with Gasteiger partial charge < -0.3 is 0 Å². The van der Waals surface area contributed by atoms with Crippen molar-refractivity contribution >= 4 is 190 Å². The Balaban J connectivity index is 0.000000133. The second kappa shape index (κ2) is 27.6. The van der Waals surface area contributed by atoms with Gasteiger partial charge in [0.15, 0.2) is 0 Å². The van der Waals surface area contributed by atoms with E-state index in [0.717, 1.165) is 0 Å². The van der Waals surface area contributed by atoms with E-state index in [1.54, 1.807) is 0 Å². The summed E-state index contributed by atoms with van der Waals surface area (Å²) in [6, 6.07) is 129. The van der Waals surface area contributed by atoms with Gasteiger partial charge in [0.25, 0.3) is 0 Å². The first-order chi connectivity index (χ1) is 62.3. The zero-order chi connectivity index (χ0) is 85.3. The summed E-state index contributed by atoms with van der Waals surface area (Å²) in [4.78, 5) is 5.36. The van der Waals surface area contributed by atoms with Crippen molar-refractivity contribution in [1.82, 2.24) is 0 Å². The molecule has 8 heterocycles. The largest absolute Gasteiger partial charge is 0.135 e. The van der Waals surface area contributed by atoms with Gasteiger partial charge in [0.2, 0.25) is 0 Å². The quantitative estimate of drug-likeness (QED) is 0.142. The van der Waals surface area contributed by atoms with Crippen LogP contribution in [0.2, 0.25) is 0 Å². The summed E-state index contributed by atoms with van der Waals surface area (Å²) in [6.45, 7) is 19.6. The summed E-state index contributed by atoms with van der Waals surface area (Å²) in [5.41, 5.74) is 37.7. The fourth-order valence-corrected chi connectivity index (χ4v) is 32.0. The molecule has 0 atom stereocenters. The lowest BCUT2D eigenvalue weighted by atomic mass is 9.72. The van der Waals surface area contributed by atoms with Crippen molar-refractivity contribution < 1.29 is 0 Å². The first kappa shape index (κ1) is 75.8. The lowest BCUT2D eigenvalue weighted by molar-refractivity contribution is 0.601. The molecule has 0 bridgehead atoms. The molecule has 0 N–H and O–H groups in total. The lowest BCUT2D eigenvalue weighted by Crippen LogP contribution is -2.24. The van der Waals surface area contributed by atoms with E-state index >= 15 is 0 Å². The molecule has 0 unspecified atom stereocenters. The Hall–Kier alpha value is -12.3. The predicted molar refractivity (Wildman–Crippen MR) is 565 cm³/mol. The third-order valence-electron chi connectivity index (χ3n) is 28.9. The second-order valence-corrected chi connectivity index (χ2v) is 46.3. The van der Waals surface area contributed by atoms with Gasteiger partial charge in [-0.15, -0.1) is 90.7 Å². The standard InChI is InChI=1S/C66H52S2.C54H28S6/c1-63(2)51-31-39(37-15-11-9-12-16-37)19-23-43(51)47-27-29-49-45-25-21-41(33-53(45)65(5,6)61(49)59(47)63)55-35-57-58(67-55)36-56(68-57)42-22-26-46-50-30-28-48-44-24-20-40(38-17-13-10-14-18-38)32-52(44)64(3,4)60(48)62(50)66(7,8)54(46)34-42;1-3-7-29(8-4-1)31-11-15-43-35(19-31)39-23-41-37-21-33(13-17-45(37)57-51(41)27-49(39)55-43)47-25-53-54(59-47)26-48(60-53)34-14-18-46-38(22-34)42-24-40-36-20-32(30-9-5-2-6-10-30)12-16-44(36)56-50(40)28-52(42)58-46/h9-36H,1-8H3;1-28H. The predicted octanol–water partition coefficient (Wildman–Crippen LogP) is 38.0. The highest BCUT2D eigenvalue weighted by Gasteiger charge is 2.48. The van der Waals surface area contributed by atoms with Crippen LogP contribution >= 0.6 is 90.7 Å². The average molecular weight is 1780 g/mol. The summed E-state index contributed by atoms with van der Waals surface area (Å²) in [5, 5.41) is 10.8. The lowest BCUT2D eigenvalue weighted by Gasteiger charge is -2.31. The van der Waals surface area contributed by atoms with Gasteiger partial charge in [0, 0.05) is 141 Å². The Labute approximate surface area is 774 Å². The first-order valence-corrected chi connectivity index (χ1v) is 50.8. The van der Waals surface area contributed by atoms with E-state index in [4.69, 9.17) is 0 Å². The van der Waals surface area contributed by atoms with Crippen molar-refractivity contribution in [2.45, 2.75) is 77.0 Å². The van der Waals surface area contributed by atoms with E-state index in [1.165, 1.54) is 275 Å². The summed E-state index contributed by atoms with van der Waals surface area (Å²) in [7, 11) is 0. The molecule has 0 radical (unpaired) electrons. The van der Waals surface area contributed by atoms with Gasteiger partial charge in [-0.3, -0.25) is 0 Å². The molecule has 16 aromatic carbocycles. The maximum atomic E-state index is 2.51. The molecule has 4 aliphatic carbocycles. The molecule has 0 nitrogen and oxygen atoms in total. The van der Waals surface area contributed by atoms with Crippen LogP contribution in [0.5, 0.6) is 0 Å². The van der Waals surface area contributed by atoms with E-state index in [2.05, 4.69) is 395 Å². The molecule has 608 valence electrons. The molecule has 0 amide bonds. The fourth-order valence-electron chi connectivity index (χ4n) is 22.6. The highest BCUT2D eigenvalue weighted by molar-refractivity contribution is 7.32. The van der Waals surface area contributed by atoms with Gasteiger partial charge in [-0.25, -0.2) is 0 Å². The minimum Gasteiger partial charge on any atom is -0.135 e. The Kier molecular flexibility index (Phi) is 16.4. The zero-order valence-corrected chi connectivity index (χ0v) is 78.1. The molecular weight excluding hydrogens is 1700 g/mol. The van der Waals surface area contributed by atoms with Crippen LogP contribution in [0.4, 0.5) is 0 Å². The zero-order valence-electron chi connectivity index (χ0n) is 71.6. The average Bonchev–Trinajstić information content (AvgIpc) is 1.53. The number of thiophene rings is 8. The van der Waals surface area contributed by atoms with Gasteiger partial charge >= 0.3 is 0 Å². The molecule has 0 fully saturated rings. The summed E-state index contributed by atoms with van der Waals surface area (Å²) >= 11 is 15.3. The van der Waals surface area contributed by atoms with Crippen LogP contribution in [0.15, 0.2) is 340 Å². The monoisotopic (exact) mass is 1780 g/mol. The number of hydrogen-bond acceptors (Lipinski definition) is 8. The van der Waals surface area contributed by atoms with Gasteiger partial charge in [-0.05, 0) is 277 Å². The maximum absolute atomic E-state index is 2.51. The summed E-state index contributed by atoms with van der Waals surface area (Å²) in [6.07, 6.45) is 0. The number of fused-ring (bicyclic) bond motifs is 28. The van der Waals surface area contributed by atoms with E-state index < -0.39 is 0 Å². The van der Waals surface area contributed by atoms with Crippen molar-refractivity contribution in [1.29, 1.82) is 0 Å². The molecule has 0 saturated heterocycles. The molecule has 28 rings (SSSR count). The summed E-state index contributed by atoms with van der Waals surface area (Å²) in [5.74, 6) is 0. The molecule has 8 aromatic heterocycles. The van der Waals surface area contributed by atoms with Crippen molar-refractivity contribution in [2.75, 3.05) is 0 Å². The van der Waals surface area contributed by atoms with E-state index in [0.29, 0.717) is 0 Å². The third kappa shape index (κ3) is 11.3. The minimum absolute atomic E-state index is 0.116. The number of rotatable bonds is 8. The Morgan fingerprint density at radius 1 is 0.141 bits per heavy atom. The van der Waals surface area contributed by atoms with E-state index in [-0.39, 0.29) is 21.7 Å². The fraction of sp³-hybridized carbons (Fsp3) is 0.100. The first-order valence-electron chi connectivity index (χ1n) is 44.3. The highest BCUT2D eigenvalue weighted by Crippen LogP contribution is 2.63. The second-order valence-electron chi connectivity index (χ2n) is 37.7. The van der Waals surface area contributed by atoms with Gasteiger partial charge in [-0.1, -0.05) is 274 Å². The van der Waals surface area contributed by atoms with Crippen LogP contribution in [0.1, 0.15) is 99.9 Å². The van der Waals surface area contributed by atoms with E-state index in [1.807, 2.05) is 90.7 Å². The molecule has 4 aliphatic rings. The minimum atomic E-state index is -0.137. The Morgan fingerprint density at radius 3 is 0.617 bits per heavy atom. The molecular formula is C120H80S8. The highest BCUT2D eigenvalue weighted by atomic mass is 32.1. The molecule has 8 heteroatoms. The molecule has 0 aliphatic heterocycles. The number of benzene rings is 16. The summed E-state index contributed by atoms with van der Waals surface area (Å²) < 4.78 is 16.3. The molecule has 0 saturated carbocycles. The van der Waals surface area contributed by atoms with E-state index in [9.17, 15) is 0 Å². The Morgan fingerprint density at radius 2 is 0.344 bits per heavy atom. The van der Waals surface area contributed by atoms with Crippen molar-refractivity contribution in [3.63, 3.8) is 0 Å².